The van der Waals surface area contributed by atoms with Crippen molar-refractivity contribution in [3.63, 3.8) is 0 Å². The fourth-order valence-electron chi connectivity index (χ4n) is 3.69. The summed E-state index contributed by atoms with van der Waals surface area (Å²) < 4.78 is 5.50. The van der Waals surface area contributed by atoms with Gasteiger partial charge in [-0.3, -0.25) is 10.00 Å². The van der Waals surface area contributed by atoms with E-state index in [9.17, 15) is 0 Å². The summed E-state index contributed by atoms with van der Waals surface area (Å²) in [5.41, 5.74) is 3.97. The normalized spacial score (nSPS) is 18.8. The van der Waals surface area contributed by atoms with Gasteiger partial charge in [-0.15, -0.1) is 0 Å². The zero-order valence-electron chi connectivity index (χ0n) is 13.8. The van der Waals surface area contributed by atoms with Crippen molar-refractivity contribution in [2.75, 3.05) is 13.1 Å². The van der Waals surface area contributed by atoms with Crippen molar-refractivity contribution < 1.29 is 4.42 Å². The first-order chi connectivity index (χ1) is 11.9. The summed E-state index contributed by atoms with van der Waals surface area (Å²) in [5, 5.41) is 7.61. The monoisotopic (exact) mass is 321 g/mol. The van der Waals surface area contributed by atoms with E-state index < -0.39 is 0 Å². The number of aromatic amines is 1. The third-order valence-corrected chi connectivity index (χ3v) is 4.86. The Kier molecular flexibility index (Phi) is 4.47. The molecule has 1 aliphatic rings. The van der Waals surface area contributed by atoms with E-state index in [0.29, 0.717) is 5.92 Å². The lowest BCUT2D eigenvalue weighted by atomic mass is 9.91. The summed E-state index contributed by atoms with van der Waals surface area (Å²) in [5.74, 6) is 1.57. The second kappa shape index (κ2) is 7.05. The second-order valence-corrected chi connectivity index (χ2v) is 6.62. The van der Waals surface area contributed by atoms with Crippen molar-refractivity contribution in [2.45, 2.75) is 31.7 Å². The summed E-state index contributed by atoms with van der Waals surface area (Å²) in [7, 11) is 0. The smallest absolute Gasteiger partial charge is 0.117 e. The molecule has 124 valence electrons. The fourth-order valence-corrected chi connectivity index (χ4v) is 3.69. The van der Waals surface area contributed by atoms with Crippen LogP contribution in [0.25, 0.3) is 0 Å². The minimum atomic E-state index is 0.523. The van der Waals surface area contributed by atoms with Gasteiger partial charge in [-0.25, -0.2) is 0 Å². The summed E-state index contributed by atoms with van der Waals surface area (Å²) in [6, 6.07) is 14.6. The van der Waals surface area contributed by atoms with E-state index in [1.807, 2.05) is 12.3 Å². The van der Waals surface area contributed by atoms with Crippen LogP contribution < -0.4 is 0 Å². The number of nitrogens with zero attached hydrogens (tertiary/aromatic N) is 2. The van der Waals surface area contributed by atoms with E-state index in [4.69, 9.17) is 4.42 Å². The zero-order chi connectivity index (χ0) is 16.2. The van der Waals surface area contributed by atoms with Gasteiger partial charge in [0.25, 0.3) is 0 Å². The van der Waals surface area contributed by atoms with Crippen molar-refractivity contribution in [3.8, 4) is 0 Å². The highest BCUT2D eigenvalue weighted by Crippen LogP contribution is 2.29. The quantitative estimate of drug-likeness (QED) is 0.773. The summed E-state index contributed by atoms with van der Waals surface area (Å²) in [4.78, 5) is 2.49. The Balaban J connectivity index is 1.46. The van der Waals surface area contributed by atoms with Crippen LogP contribution in [0.3, 0.4) is 0 Å². The molecule has 0 bridgehead atoms. The van der Waals surface area contributed by atoms with Gasteiger partial charge >= 0.3 is 0 Å². The number of nitrogens with one attached hydrogen (secondary N) is 1. The predicted octanol–water partition coefficient (Wildman–Crippen LogP) is 3.97. The number of hydrogen-bond donors (Lipinski definition) is 1. The SMILES string of the molecule is c1ccc(Cc2cn[nH]c2[C@@H]2CCCN(Cc3ccco3)C2)cc1. The standard InChI is InChI=1S/C20H23N3O/c1-2-6-16(7-3-1)12-18-13-21-22-20(18)17-8-4-10-23(14-17)15-19-9-5-11-24-19/h1-3,5-7,9,11,13,17H,4,8,10,12,14-15H2,(H,21,22)/t17-/m1/s1. The molecule has 1 saturated heterocycles. The van der Waals surface area contributed by atoms with E-state index in [2.05, 4.69) is 51.5 Å². The predicted molar refractivity (Wildman–Crippen MR) is 93.8 cm³/mol. The lowest BCUT2D eigenvalue weighted by Crippen LogP contribution is -2.34. The van der Waals surface area contributed by atoms with Gasteiger partial charge in [0.15, 0.2) is 0 Å². The molecule has 24 heavy (non-hydrogen) atoms. The van der Waals surface area contributed by atoms with Crippen molar-refractivity contribution in [1.82, 2.24) is 15.1 Å². The maximum Gasteiger partial charge on any atom is 0.117 e. The number of aromatic nitrogens is 2. The summed E-state index contributed by atoms with van der Waals surface area (Å²) >= 11 is 0. The molecule has 0 spiro atoms. The van der Waals surface area contributed by atoms with Crippen LogP contribution >= 0.6 is 0 Å². The number of H-pyrrole nitrogens is 1. The van der Waals surface area contributed by atoms with Crippen LogP contribution in [0, 0.1) is 0 Å². The first kappa shape index (κ1) is 15.2. The highest BCUT2D eigenvalue weighted by atomic mass is 16.3. The van der Waals surface area contributed by atoms with Gasteiger partial charge in [0.1, 0.15) is 5.76 Å². The van der Waals surface area contributed by atoms with Gasteiger partial charge in [0.2, 0.25) is 0 Å². The Bertz CT molecular complexity index is 748. The van der Waals surface area contributed by atoms with Crippen molar-refractivity contribution >= 4 is 0 Å². The van der Waals surface area contributed by atoms with Gasteiger partial charge in [0, 0.05) is 24.6 Å². The molecule has 3 aromatic rings. The molecular weight excluding hydrogens is 298 g/mol. The van der Waals surface area contributed by atoms with Crippen LogP contribution in [-0.2, 0) is 13.0 Å². The number of rotatable bonds is 5. The molecule has 4 nitrogen and oxygen atoms in total. The highest BCUT2D eigenvalue weighted by molar-refractivity contribution is 5.29. The van der Waals surface area contributed by atoms with E-state index in [-0.39, 0.29) is 0 Å². The molecule has 0 aliphatic carbocycles. The third kappa shape index (κ3) is 3.44. The minimum absolute atomic E-state index is 0.523. The summed E-state index contributed by atoms with van der Waals surface area (Å²) in [6.45, 7) is 3.09. The van der Waals surface area contributed by atoms with E-state index >= 15 is 0 Å². The van der Waals surface area contributed by atoms with Crippen LogP contribution in [0.5, 0.6) is 0 Å². The molecule has 1 aromatic carbocycles. The number of benzene rings is 1. The Labute approximate surface area is 142 Å². The summed E-state index contributed by atoms with van der Waals surface area (Å²) in [6.07, 6.45) is 7.13. The first-order valence-electron chi connectivity index (χ1n) is 8.69. The molecule has 2 aromatic heterocycles. The number of hydrogen-bond acceptors (Lipinski definition) is 3. The van der Waals surface area contributed by atoms with E-state index in [1.165, 1.54) is 29.7 Å². The second-order valence-electron chi connectivity index (χ2n) is 6.62. The molecule has 0 saturated carbocycles. The molecule has 3 heterocycles. The van der Waals surface area contributed by atoms with Crippen LogP contribution in [0.2, 0.25) is 0 Å². The molecule has 0 unspecified atom stereocenters. The largest absolute Gasteiger partial charge is 0.468 e. The minimum Gasteiger partial charge on any atom is -0.468 e. The first-order valence-corrected chi connectivity index (χ1v) is 8.69. The number of likely N-dealkylation sites (tertiary alicyclic amines) is 1. The molecule has 4 rings (SSSR count). The van der Waals surface area contributed by atoms with Gasteiger partial charge in [-0.1, -0.05) is 30.3 Å². The molecule has 1 N–H and O–H groups in total. The van der Waals surface area contributed by atoms with Crippen LogP contribution in [0.1, 0.15) is 41.3 Å². The highest BCUT2D eigenvalue weighted by Gasteiger charge is 2.25. The lowest BCUT2D eigenvalue weighted by molar-refractivity contribution is 0.185. The van der Waals surface area contributed by atoms with E-state index in [1.54, 1.807) is 6.26 Å². The molecule has 0 amide bonds. The fraction of sp³-hybridized carbons (Fsp3) is 0.350. The average Bonchev–Trinajstić information content (AvgIpc) is 3.28. The Morgan fingerprint density at radius 1 is 1.17 bits per heavy atom. The van der Waals surface area contributed by atoms with Crippen molar-refractivity contribution in [3.05, 3.63) is 77.5 Å². The molecular formula is C20H23N3O. The van der Waals surface area contributed by atoms with E-state index in [0.717, 1.165) is 31.8 Å². The zero-order valence-corrected chi connectivity index (χ0v) is 13.8. The topological polar surface area (TPSA) is 45.1 Å². The molecule has 1 aliphatic heterocycles. The maximum atomic E-state index is 5.50. The average molecular weight is 321 g/mol. The lowest BCUT2D eigenvalue weighted by Gasteiger charge is -2.32. The maximum absolute atomic E-state index is 5.50. The number of piperidine rings is 1. The van der Waals surface area contributed by atoms with Crippen molar-refractivity contribution in [1.29, 1.82) is 0 Å². The molecule has 1 fully saturated rings. The van der Waals surface area contributed by atoms with Gasteiger partial charge in [-0.2, -0.15) is 5.10 Å². The van der Waals surface area contributed by atoms with Gasteiger partial charge in [-0.05, 0) is 42.6 Å². The molecule has 1 atom stereocenters. The van der Waals surface area contributed by atoms with Crippen molar-refractivity contribution in [2.24, 2.45) is 0 Å². The molecule has 4 heteroatoms. The van der Waals surface area contributed by atoms with Gasteiger partial charge < -0.3 is 4.42 Å². The molecule has 0 radical (unpaired) electrons. The Morgan fingerprint density at radius 2 is 2.08 bits per heavy atom. The Morgan fingerprint density at radius 3 is 2.92 bits per heavy atom. The van der Waals surface area contributed by atoms with Gasteiger partial charge in [0.05, 0.1) is 19.0 Å². The van der Waals surface area contributed by atoms with Crippen LogP contribution in [-0.4, -0.2) is 28.2 Å². The number of furan rings is 1. The third-order valence-electron chi connectivity index (χ3n) is 4.86. The van der Waals surface area contributed by atoms with Crippen LogP contribution in [0.15, 0.2) is 59.3 Å². The Hall–Kier alpha value is -2.33. The van der Waals surface area contributed by atoms with Crippen LogP contribution in [0.4, 0.5) is 0 Å².